The van der Waals surface area contributed by atoms with E-state index < -0.39 is 6.04 Å². The fourth-order valence-electron chi connectivity index (χ4n) is 2.47. The molecule has 3 rings (SSSR count). The maximum absolute atomic E-state index is 12.4. The molecule has 122 valence electrons. The van der Waals surface area contributed by atoms with Crippen molar-refractivity contribution in [3.8, 4) is 0 Å². The second-order valence-corrected chi connectivity index (χ2v) is 6.18. The minimum atomic E-state index is -0.891. The Labute approximate surface area is 150 Å². The number of hydrogen-bond acceptors (Lipinski definition) is 3. The lowest BCUT2D eigenvalue weighted by Crippen LogP contribution is -2.28. The molecule has 4 nitrogen and oxygen atoms in total. The van der Waals surface area contributed by atoms with E-state index in [1.165, 1.54) is 0 Å². The SMILES string of the molecule is C=C1NC=Cc2cc(NC(=O)C(N)c3ccccc3Cl)c(Cl)cc21. The minimum Gasteiger partial charge on any atom is -0.362 e. The van der Waals surface area contributed by atoms with Crippen LogP contribution < -0.4 is 16.4 Å². The van der Waals surface area contributed by atoms with Crippen molar-refractivity contribution in [3.05, 3.63) is 75.9 Å². The number of rotatable bonds is 3. The van der Waals surface area contributed by atoms with Crippen molar-refractivity contribution in [1.82, 2.24) is 5.32 Å². The van der Waals surface area contributed by atoms with Gasteiger partial charge in [-0.1, -0.05) is 48.0 Å². The van der Waals surface area contributed by atoms with E-state index in [1.54, 1.807) is 42.6 Å². The smallest absolute Gasteiger partial charge is 0.245 e. The van der Waals surface area contributed by atoms with Crippen LogP contribution in [0.15, 0.2) is 49.2 Å². The first-order valence-electron chi connectivity index (χ1n) is 7.24. The molecule has 0 fully saturated rings. The summed E-state index contributed by atoms with van der Waals surface area (Å²) in [7, 11) is 0. The average molecular weight is 360 g/mol. The lowest BCUT2D eigenvalue weighted by atomic mass is 10.0. The van der Waals surface area contributed by atoms with Gasteiger partial charge in [0.15, 0.2) is 0 Å². The molecule has 24 heavy (non-hydrogen) atoms. The fraction of sp³-hybridized carbons (Fsp3) is 0.0556. The largest absolute Gasteiger partial charge is 0.362 e. The Bertz CT molecular complexity index is 861. The molecule has 0 aliphatic carbocycles. The zero-order valence-corrected chi connectivity index (χ0v) is 14.2. The van der Waals surface area contributed by atoms with Crippen molar-refractivity contribution in [3.63, 3.8) is 0 Å². The van der Waals surface area contributed by atoms with Crippen molar-refractivity contribution in [1.29, 1.82) is 0 Å². The van der Waals surface area contributed by atoms with Crippen LogP contribution in [0.5, 0.6) is 0 Å². The molecule has 2 aromatic carbocycles. The zero-order valence-electron chi connectivity index (χ0n) is 12.6. The van der Waals surface area contributed by atoms with E-state index in [2.05, 4.69) is 17.2 Å². The molecule has 1 heterocycles. The molecule has 1 amide bonds. The highest BCUT2D eigenvalue weighted by Gasteiger charge is 2.20. The van der Waals surface area contributed by atoms with Crippen molar-refractivity contribution in [2.75, 3.05) is 5.32 Å². The third-order valence-electron chi connectivity index (χ3n) is 3.77. The number of carbonyl (C=O) groups is 1. The van der Waals surface area contributed by atoms with Crippen LogP contribution in [0.3, 0.4) is 0 Å². The molecule has 4 N–H and O–H groups in total. The number of anilines is 1. The van der Waals surface area contributed by atoms with Crippen LogP contribution >= 0.6 is 23.2 Å². The lowest BCUT2D eigenvalue weighted by Gasteiger charge is -2.19. The summed E-state index contributed by atoms with van der Waals surface area (Å²) in [5.74, 6) is -0.387. The maximum atomic E-state index is 12.4. The first kappa shape index (κ1) is 16.6. The van der Waals surface area contributed by atoms with Crippen LogP contribution in [0.4, 0.5) is 5.69 Å². The Kier molecular flexibility index (Phi) is 4.62. The quantitative estimate of drug-likeness (QED) is 0.769. The molecular weight excluding hydrogens is 345 g/mol. The summed E-state index contributed by atoms with van der Waals surface area (Å²) in [6, 6.07) is 9.63. The van der Waals surface area contributed by atoms with Gasteiger partial charge in [-0.25, -0.2) is 0 Å². The number of amides is 1. The predicted molar refractivity (Wildman–Crippen MR) is 99.7 cm³/mol. The van der Waals surface area contributed by atoms with Gasteiger partial charge in [-0.05, 0) is 35.4 Å². The maximum Gasteiger partial charge on any atom is 0.245 e. The molecule has 0 saturated heterocycles. The third-order valence-corrected chi connectivity index (χ3v) is 4.42. The van der Waals surface area contributed by atoms with Crippen molar-refractivity contribution in [2.24, 2.45) is 5.73 Å². The molecule has 1 aliphatic heterocycles. The molecule has 0 aromatic heterocycles. The van der Waals surface area contributed by atoms with Crippen molar-refractivity contribution >= 4 is 46.6 Å². The zero-order chi connectivity index (χ0) is 17.3. The van der Waals surface area contributed by atoms with E-state index in [0.717, 1.165) is 16.8 Å². The standard InChI is InChI=1S/C18H15Cl2N3O/c1-10-13-9-15(20)16(8-11(13)6-7-22-10)23-18(24)17(21)12-4-2-3-5-14(12)19/h2-9,17,22H,1,21H2,(H,23,24). The van der Waals surface area contributed by atoms with E-state index >= 15 is 0 Å². The number of fused-ring (bicyclic) bond motifs is 1. The topological polar surface area (TPSA) is 67.1 Å². The Morgan fingerprint density at radius 1 is 1.21 bits per heavy atom. The summed E-state index contributed by atoms with van der Waals surface area (Å²) in [6.07, 6.45) is 3.66. The van der Waals surface area contributed by atoms with Crippen molar-refractivity contribution in [2.45, 2.75) is 6.04 Å². The summed E-state index contributed by atoms with van der Waals surface area (Å²) in [6.45, 7) is 3.92. The molecule has 0 saturated carbocycles. The minimum absolute atomic E-state index is 0.387. The van der Waals surface area contributed by atoms with Gasteiger partial charge in [-0.3, -0.25) is 4.79 Å². The van der Waals surface area contributed by atoms with Crippen molar-refractivity contribution < 1.29 is 4.79 Å². The van der Waals surface area contributed by atoms with Crippen LogP contribution in [0.25, 0.3) is 11.8 Å². The number of nitrogens with one attached hydrogen (secondary N) is 2. The van der Waals surface area contributed by atoms with Gasteiger partial charge in [-0.2, -0.15) is 0 Å². The molecule has 1 aliphatic rings. The number of carbonyl (C=O) groups excluding carboxylic acids is 1. The van der Waals surface area contributed by atoms with Gasteiger partial charge in [0.25, 0.3) is 0 Å². The Hall–Kier alpha value is -2.27. The number of halogens is 2. The van der Waals surface area contributed by atoms with Crippen LogP contribution in [0.1, 0.15) is 22.7 Å². The predicted octanol–water partition coefficient (Wildman–Crippen LogP) is 4.18. The molecule has 1 atom stereocenters. The number of benzene rings is 2. The number of nitrogens with two attached hydrogens (primary N) is 1. The summed E-state index contributed by atoms with van der Waals surface area (Å²) < 4.78 is 0. The first-order chi connectivity index (χ1) is 11.5. The van der Waals surface area contributed by atoms with E-state index in [4.69, 9.17) is 28.9 Å². The average Bonchev–Trinajstić information content (AvgIpc) is 2.56. The van der Waals surface area contributed by atoms with Gasteiger partial charge in [0.05, 0.1) is 10.7 Å². The van der Waals surface area contributed by atoms with Crippen LogP contribution in [-0.2, 0) is 4.79 Å². The normalized spacial score (nSPS) is 13.9. The van der Waals surface area contributed by atoms with E-state index in [1.807, 2.05) is 6.08 Å². The first-order valence-corrected chi connectivity index (χ1v) is 7.99. The Morgan fingerprint density at radius 2 is 1.96 bits per heavy atom. The second-order valence-electron chi connectivity index (χ2n) is 5.36. The highest BCUT2D eigenvalue weighted by molar-refractivity contribution is 6.34. The highest BCUT2D eigenvalue weighted by Crippen LogP contribution is 2.32. The third kappa shape index (κ3) is 3.17. The monoisotopic (exact) mass is 359 g/mol. The molecule has 1 unspecified atom stereocenters. The molecular formula is C18H15Cl2N3O. The van der Waals surface area contributed by atoms with E-state index in [9.17, 15) is 4.79 Å². The van der Waals surface area contributed by atoms with Crippen LogP contribution in [0, 0.1) is 0 Å². The fourth-order valence-corrected chi connectivity index (χ4v) is 2.94. The lowest BCUT2D eigenvalue weighted by molar-refractivity contribution is -0.117. The van der Waals surface area contributed by atoms with Gasteiger partial charge in [0.1, 0.15) is 6.04 Å². The van der Waals surface area contributed by atoms with Crippen LogP contribution in [-0.4, -0.2) is 5.91 Å². The summed E-state index contributed by atoms with van der Waals surface area (Å²) in [5, 5.41) is 6.63. The molecule has 2 aromatic rings. The molecule has 0 bridgehead atoms. The highest BCUT2D eigenvalue weighted by atomic mass is 35.5. The van der Waals surface area contributed by atoms with Crippen LogP contribution in [0.2, 0.25) is 10.0 Å². The van der Waals surface area contributed by atoms with Gasteiger partial charge < -0.3 is 16.4 Å². The summed E-state index contributed by atoms with van der Waals surface area (Å²) in [5.41, 5.74) is 9.61. The Morgan fingerprint density at radius 3 is 2.71 bits per heavy atom. The summed E-state index contributed by atoms with van der Waals surface area (Å²) >= 11 is 12.4. The number of hydrogen-bond donors (Lipinski definition) is 3. The Balaban J connectivity index is 1.86. The van der Waals surface area contributed by atoms with Gasteiger partial charge >= 0.3 is 0 Å². The van der Waals surface area contributed by atoms with Gasteiger partial charge in [0.2, 0.25) is 5.91 Å². The molecule has 6 heteroatoms. The van der Waals surface area contributed by atoms with Gasteiger partial charge in [-0.15, -0.1) is 0 Å². The van der Waals surface area contributed by atoms with Gasteiger partial charge in [0, 0.05) is 22.5 Å². The molecule has 0 radical (unpaired) electrons. The second kappa shape index (κ2) is 6.69. The molecule has 0 spiro atoms. The van der Waals surface area contributed by atoms with E-state index in [0.29, 0.717) is 21.3 Å². The summed E-state index contributed by atoms with van der Waals surface area (Å²) in [4.78, 5) is 12.4. The van der Waals surface area contributed by atoms with E-state index in [-0.39, 0.29) is 5.91 Å².